The summed E-state index contributed by atoms with van der Waals surface area (Å²) in [5.74, 6) is 0.0408. The van der Waals surface area contributed by atoms with Crippen molar-refractivity contribution >= 4 is 39.1 Å². The average molecular weight is 356 g/mol. The van der Waals surface area contributed by atoms with Gasteiger partial charge in [-0.15, -0.1) is 11.8 Å². The molecule has 1 aromatic carbocycles. The fraction of sp³-hybridized carbons (Fsp3) is 0.467. The molecule has 1 heterocycles. The van der Waals surface area contributed by atoms with Crippen molar-refractivity contribution < 1.29 is 18.0 Å². The van der Waals surface area contributed by atoms with Gasteiger partial charge in [0.15, 0.2) is 9.84 Å². The van der Waals surface area contributed by atoms with E-state index in [0.717, 1.165) is 11.3 Å². The summed E-state index contributed by atoms with van der Waals surface area (Å²) >= 11 is 1.20. The van der Waals surface area contributed by atoms with Gasteiger partial charge >= 0.3 is 0 Å². The number of benzene rings is 1. The van der Waals surface area contributed by atoms with Gasteiger partial charge in [-0.1, -0.05) is 17.7 Å². The standard InChI is InChI=1S/C15H20N2O4S2/c1-11-2-4-12(5-3-11)16-14(18)8-22-9-15(19)17-13-6-7-23(20,21)10-13/h2-5,13H,6-10H2,1H3,(H,16,18)(H,17,19). The Bertz CT molecular complexity index is 671. The maximum Gasteiger partial charge on any atom is 0.234 e. The van der Waals surface area contributed by atoms with E-state index in [1.165, 1.54) is 11.8 Å². The molecule has 1 aliphatic rings. The molecule has 23 heavy (non-hydrogen) atoms. The summed E-state index contributed by atoms with van der Waals surface area (Å²) in [5.41, 5.74) is 1.84. The third-order valence-corrected chi connectivity index (χ3v) is 6.10. The largest absolute Gasteiger partial charge is 0.352 e. The molecule has 6 nitrogen and oxygen atoms in total. The molecular formula is C15H20N2O4S2. The summed E-state index contributed by atoms with van der Waals surface area (Å²) in [6, 6.07) is 7.17. The Morgan fingerprint density at radius 2 is 1.83 bits per heavy atom. The van der Waals surface area contributed by atoms with E-state index in [-0.39, 0.29) is 40.9 Å². The highest BCUT2D eigenvalue weighted by Gasteiger charge is 2.28. The molecule has 1 saturated heterocycles. The van der Waals surface area contributed by atoms with Crippen LogP contribution in [-0.4, -0.2) is 49.3 Å². The number of hydrogen-bond acceptors (Lipinski definition) is 5. The summed E-state index contributed by atoms with van der Waals surface area (Å²) in [6.07, 6.45) is 0.465. The summed E-state index contributed by atoms with van der Waals surface area (Å²) in [7, 11) is -3.00. The molecule has 8 heteroatoms. The van der Waals surface area contributed by atoms with Crippen LogP contribution in [0.15, 0.2) is 24.3 Å². The molecule has 0 spiro atoms. The molecule has 1 atom stereocenters. The number of nitrogens with one attached hydrogen (secondary N) is 2. The predicted molar refractivity (Wildman–Crippen MR) is 92.3 cm³/mol. The van der Waals surface area contributed by atoms with Gasteiger partial charge in [0, 0.05) is 11.7 Å². The van der Waals surface area contributed by atoms with E-state index in [0.29, 0.717) is 6.42 Å². The maximum absolute atomic E-state index is 11.8. The summed E-state index contributed by atoms with van der Waals surface area (Å²) in [4.78, 5) is 23.5. The lowest BCUT2D eigenvalue weighted by Gasteiger charge is -2.10. The van der Waals surface area contributed by atoms with Crippen LogP contribution in [0.25, 0.3) is 0 Å². The van der Waals surface area contributed by atoms with Crippen LogP contribution in [-0.2, 0) is 19.4 Å². The first-order chi connectivity index (χ1) is 10.8. The quantitative estimate of drug-likeness (QED) is 0.792. The predicted octanol–water partition coefficient (Wildman–Crippen LogP) is 0.970. The van der Waals surface area contributed by atoms with Crippen LogP contribution in [0.3, 0.4) is 0 Å². The van der Waals surface area contributed by atoms with Crippen molar-refractivity contribution in [2.45, 2.75) is 19.4 Å². The van der Waals surface area contributed by atoms with Crippen molar-refractivity contribution in [3.8, 4) is 0 Å². The maximum atomic E-state index is 11.8. The Morgan fingerprint density at radius 1 is 1.17 bits per heavy atom. The van der Waals surface area contributed by atoms with E-state index in [9.17, 15) is 18.0 Å². The SMILES string of the molecule is Cc1ccc(NC(=O)CSCC(=O)NC2CCS(=O)(=O)C2)cc1. The number of hydrogen-bond donors (Lipinski definition) is 2. The fourth-order valence-corrected chi connectivity index (χ4v) is 4.55. The van der Waals surface area contributed by atoms with Gasteiger partial charge in [-0.3, -0.25) is 9.59 Å². The molecule has 2 N–H and O–H groups in total. The number of carbonyl (C=O) groups is 2. The third kappa shape index (κ3) is 6.23. The first kappa shape index (κ1) is 17.8. The second-order valence-corrected chi connectivity index (χ2v) is 8.79. The van der Waals surface area contributed by atoms with Crippen molar-refractivity contribution in [1.29, 1.82) is 0 Å². The number of rotatable bonds is 6. The van der Waals surface area contributed by atoms with Crippen LogP contribution < -0.4 is 10.6 Å². The van der Waals surface area contributed by atoms with Crippen LogP contribution in [0.1, 0.15) is 12.0 Å². The summed E-state index contributed by atoms with van der Waals surface area (Å²) in [6.45, 7) is 1.97. The summed E-state index contributed by atoms with van der Waals surface area (Å²) < 4.78 is 22.6. The first-order valence-electron chi connectivity index (χ1n) is 7.28. The Morgan fingerprint density at radius 3 is 2.43 bits per heavy atom. The number of thioether (sulfide) groups is 1. The van der Waals surface area contributed by atoms with E-state index in [1.807, 2.05) is 31.2 Å². The highest BCUT2D eigenvalue weighted by molar-refractivity contribution is 8.00. The Kier molecular flexibility index (Phi) is 6.06. The number of anilines is 1. The minimum atomic E-state index is -3.00. The molecule has 0 radical (unpaired) electrons. The van der Waals surface area contributed by atoms with Crippen molar-refractivity contribution in [2.75, 3.05) is 28.3 Å². The molecule has 1 aliphatic heterocycles. The monoisotopic (exact) mass is 356 g/mol. The molecule has 2 amide bonds. The van der Waals surface area contributed by atoms with Gasteiger partial charge in [0.1, 0.15) is 0 Å². The summed E-state index contributed by atoms with van der Waals surface area (Å²) in [5, 5.41) is 5.45. The first-order valence-corrected chi connectivity index (χ1v) is 10.3. The number of carbonyl (C=O) groups excluding carboxylic acids is 2. The van der Waals surface area contributed by atoms with E-state index in [4.69, 9.17) is 0 Å². The Balaban J connectivity index is 1.65. The van der Waals surface area contributed by atoms with Gasteiger partial charge in [-0.25, -0.2) is 8.42 Å². The molecule has 0 saturated carbocycles. The van der Waals surface area contributed by atoms with Gasteiger partial charge in [-0.05, 0) is 25.5 Å². The Hall–Kier alpha value is -1.54. The van der Waals surface area contributed by atoms with Crippen molar-refractivity contribution in [3.05, 3.63) is 29.8 Å². The van der Waals surface area contributed by atoms with E-state index >= 15 is 0 Å². The lowest BCUT2D eigenvalue weighted by Crippen LogP contribution is -2.36. The van der Waals surface area contributed by atoms with Crippen LogP contribution in [0.2, 0.25) is 0 Å². The lowest BCUT2D eigenvalue weighted by molar-refractivity contribution is -0.119. The van der Waals surface area contributed by atoms with Gasteiger partial charge in [0.2, 0.25) is 11.8 Å². The zero-order valence-corrected chi connectivity index (χ0v) is 14.5. The smallest absolute Gasteiger partial charge is 0.234 e. The molecule has 126 valence electrons. The second-order valence-electron chi connectivity index (χ2n) is 5.57. The molecule has 0 bridgehead atoms. The Labute approximate surface area is 140 Å². The molecule has 1 aromatic rings. The number of aryl methyl sites for hydroxylation is 1. The van der Waals surface area contributed by atoms with Crippen LogP contribution in [0.5, 0.6) is 0 Å². The van der Waals surface area contributed by atoms with Crippen LogP contribution in [0.4, 0.5) is 5.69 Å². The van der Waals surface area contributed by atoms with Gasteiger partial charge < -0.3 is 10.6 Å². The van der Waals surface area contributed by atoms with E-state index in [2.05, 4.69) is 10.6 Å². The van der Waals surface area contributed by atoms with Crippen LogP contribution in [0, 0.1) is 6.92 Å². The van der Waals surface area contributed by atoms with Gasteiger partial charge in [-0.2, -0.15) is 0 Å². The average Bonchev–Trinajstić information content (AvgIpc) is 2.80. The second kappa shape index (κ2) is 7.83. The zero-order valence-electron chi connectivity index (χ0n) is 12.9. The molecule has 1 fully saturated rings. The molecule has 1 unspecified atom stereocenters. The fourth-order valence-electron chi connectivity index (χ4n) is 2.25. The topological polar surface area (TPSA) is 92.3 Å². The highest BCUT2D eigenvalue weighted by atomic mass is 32.2. The van der Waals surface area contributed by atoms with E-state index < -0.39 is 9.84 Å². The van der Waals surface area contributed by atoms with Crippen molar-refractivity contribution in [2.24, 2.45) is 0 Å². The normalized spacial score (nSPS) is 19.3. The van der Waals surface area contributed by atoms with Crippen molar-refractivity contribution in [1.82, 2.24) is 5.32 Å². The van der Waals surface area contributed by atoms with Gasteiger partial charge in [0.05, 0.1) is 23.0 Å². The zero-order chi connectivity index (χ0) is 16.9. The minimum Gasteiger partial charge on any atom is -0.352 e. The minimum absolute atomic E-state index is 0.0112. The molecule has 0 aliphatic carbocycles. The number of sulfone groups is 1. The molecule has 2 rings (SSSR count). The third-order valence-electron chi connectivity index (χ3n) is 3.40. The van der Waals surface area contributed by atoms with Crippen molar-refractivity contribution in [3.63, 3.8) is 0 Å². The lowest BCUT2D eigenvalue weighted by atomic mass is 10.2. The van der Waals surface area contributed by atoms with Crippen LogP contribution >= 0.6 is 11.8 Å². The van der Waals surface area contributed by atoms with Gasteiger partial charge in [0.25, 0.3) is 0 Å². The molecule has 0 aromatic heterocycles. The van der Waals surface area contributed by atoms with E-state index in [1.54, 1.807) is 0 Å². The number of amides is 2. The highest BCUT2D eigenvalue weighted by Crippen LogP contribution is 2.12. The molecular weight excluding hydrogens is 336 g/mol.